The Morgan fingerprint density at radius 2 is 1.87 bits per heavy atom. The van der Waals surface area contributed by atoms with Crippen LogP contribution in [0.1, 0.15) is 12.8 Å². The zero-order valence-electron chi connectivity index (χ0n) is 17.5. The molecule has 3 aromatic rings. The Morgan fingerprint density at radius 3 is 2.52 bits per heavy atom. The summed E-state index contributed by atoms with van der Waals surface area (Å²) < 4.78 is 16.1. The summed E-state index contributed by atoms with van der Waals surface area (Å²) in [6.07, 6.45) is 3.19. The van der Waals surface area contributed by atoms with Gasteiger partial charge in [0.2, 0.25) is 5.91 Å². The second-order valence-electron chi connectivity index (χ2n) is 7.33. The van der Waals surface area contributed by atoms with Crippen LogP contribution in [0.25, 0.3) is 11.5 Å². The van der Waals surface area contributed by atoms with Crippen molar-refractivity contribution < 1.29 is 18.7 Å². The number of nitrogens with zero attached hydrogens (tertiary/aromatic N) is 3. The van der Waals surface area contributed by atoms with Crippen molar-refractivity contribution in [1.29, 1.82) is 0 Å². The molecule has 0 saturated carbocycles. The largest absolute Gasteiger partial charge is 0.497 e. The van der Waals surface area contributed by atoms with E-state index in [-0.39, 0.29) is 11.8 Å². The fourth-order valence-electron chi connectivity index (χ4n) is 3.58. The molecule has 31 heavy (non-hydrogen) atoms. The summed E-state index contributed by atoms with van der Waals surface area (Å²) in [7, 11) is 1.63. The summed E-state index contributed by atoms with van der Waals surface area (Å²) in [5, 5.41) is 11.5. The third-order valence-corrected chi connectivity index (χ3v) is 5.34. The quantitative estimate of drug-likeness (QED) is 0.558. The number of methoxy groups -OCH3 is 1. The number of aromatic nitrogens is 2. The molecular formula is C23H26N4O4. The average Bonchev–Trinajstić information content (AvgIpc) is 3.37. The van der Waals surface area contributed by atoms with Crippen molar-refractivity contribution in [2.75, 3.05) is 38.3 Å². The number of nitrogens with one attached hydrogen (secondary N) is 1. The number of anilines is 1. The van der Waals surface area contributed by atoms with Crippen molar-refractivity contribution in [1.82, 2.24) is 15.5 Å². The molecule has 1 aromatic carbocycles. The highest BCUT2D eigenvalue weighted by Crippen LogP contribution is 2.23. The zero-order chi connectivity index (χ0) is 21.5. The summed E-state index contributed by atoms with van der Waals surface area (Å²) in [5.41, 5.74) is 0.708. The van der Waals surface area contributed by atoms with Gasteiger partial charge in [0, 0.05) is 19.0 Å². The Hall–Kier alpha value is -3.55. The molecule has 0 bridgehead atoms. The predicted molar refractivity (Wildman–Crippen MR) is 116 cm³/mol. The van der Waals surface area contributed by atoms with E-state index < -0.39 is 0 Å². The molecule has 1 N–H and O–H groups in total. The maximum Gasteiger partial charge on any atom is 0.223 e. The second kappa shape index (κ2) is 9.97. The lowest BCUT2D eigenvalue weighted by atomic mass is 9.96. The standard InChI is InChI=1S/C23H26N4O4/c1-29-18-4-6-19(7-5-18)30-16-12-24-23(28)17-10-13-27(14-11-17)22-9-8-20(25-26-22)21-3-2-15-31-21/h2-9,15,17H,10-14,16H2,1H3,(H,24,28). The van der Waals surface area contributed by atoms with Crippen molar-refractivity contribution in [3.8, 4) is 23.0 Å². The SMILES string of the molecule is COc1ccc(OCCNC(=O)C2CCN(c3ccc(-c4ccco4)nn3)CC2)cc1. The Labute approximate surface area is 181 Å². The summed E-state index contributed by atoms with van der Waals surface area (Å²) in [4.78, 5) is 14.6. The van der Waals surface area contributed by atoms with Crippen molar-refractivity contribution in [2.45, 2.75) is 12.8 Å². The van der Waals surface area contributed by atoms with Gasteiger partial charge in [0.15, 0.2) is 11.6 Å². The van der Waals surface area contributed by atoms with Crippen LogP contribution in [0, 0.1) is 5.92 Å². The number of carbonyl (C=O) groups excluding carboxylic acids is 1. The minimum Gasteiger partial charge on any atom is -0.497 e. The van der Waals surface area contributed by atoms with Gasteiger partial charge in [-0.2, -0.15) is 0 Å². The van der Waals surface area contributed by atoms with E-state index in [1.54, 1.807) is 13.4 Å². The van der Waals surface area contributed by atoms with E-state index in [0.29, 0.717) is 24.6 Å². The van der Waals surface area contributed by atoms with Crippen LogP contribution in [0.3, 0.4) is 0 Å². The van der Waals surface area contributed by atoms with E-state index in [0.717, 1.165) is 43.2 Å². The number of benzene rings is 1. The Morgan fingerprint density at radius 1 is 1.10 bits per heavy atom. The topological polar surface area (TPSA) is 89.7 Å². The van der Waals surface area contributed by atoms with E-state index in [9.17, 15) is 4.79 Å². The lowest BCUT2D eigenvalue weighted by Gasteiger charge is -2.31. The van der Waals surface area contributed by atoms with E-state index in [4.69, 9.17) is 13.9 Å². The normalized spacial score (nSPS) is 14.3. The van der Waals surface area contributed by atoms with Gasteiger partial charge in [0.1, 0.15) is 23.8 Å². The first-order valence-corrected chi connectivity index (χ1v) is 10.4. The van der Waals surface area contributed by atoms with Crippen LogP contribution in [0.15, 0.2) is 59.2 Å². The van der Waals surface area contributed by atoms with Crippen molar-refractivity contribution in [3.05, 3.63) is 54.8 Å². The first kappa shape index (κ1) is 20.7. The number of rotatable bonds is 8. The van der Waals surface area contributed by atoms with Crippen molar-refractivity contribution in [2.24, 2.45) is 5.92 Å². The zero-order valence-corrected chi connectivity index (χ0v) is 17.5. The number of hydrogen-bond acceptors (Lipinski definition) is 7. The van der Waals surface area contributed by atoms with Gasteiger partial charge < -0.3 is 24.1 Å². The van der Waals surface area contributed by atoms with Gasteiger partial charge in [0.25, 0.3) is 0 Å². The van der Waals surface area contributed by atoms with Crippen LogP contribution in [-0.2, 0) is 4.79 Å². The van der Waals surface area contributed by atoms with E-state index in [1.807, 2.05) is 48.5 Å². The van der Waals surface area contributed by atoms with Crippen LogP contribution in [0.4, 0.5) is 5.82 Å². The van der Waals surface area contributed by atoms with Crippen molar-refractivity contribution >= 4 is 11.7 Å². The third kappa shape index (κ3) is 5.33. The minimum atomic E-state index is 0.00703. The fourth-order valence-corrected chi connectivity index (χ4v) is 3.58. The molecule has 1 fully saturated rings. The average molecular weight is 422 g/mol. The lowest BCUT2D eigenvalue weighted by Crippen LogP contribution is -2.41. The van der Waals surface area contributed by atoms with Crippen molar-refractivity contribution in [3.63, 3.8) is 0 Å². The van der Waals surface area contributed by atoms with Gasteiger partial charge >= 0.3 is 0 Å². The first-order chi connectivity index (χ1) is 15.2. The summed E-state index contributed by atoms with van der Waals surface area (Å²) in [5.74, 6) is 3.14. The second-order valence-corrected chi connectivity index (χ2v) is 7.33. The Kier molecular flexibility index (Phi) is 6.66. The molecule has 1 aliphatic heterocycles. The molecule has 1 aliphatic rings. The van der Waals surface area contributed by atoms with E-state index >= 15 is 0 Å². The lowest BCUT2D eigenvalue weighted by molar-refractivity contribution is -0.125. The fraction of sp³-hybridized carbons (Fsp3) is 0.348. The number of carbonyl (C=O) groups is 1. The van der Waals surface area contributed by atoms with Gasteiger partial charge in [0.05, 0.1) is 19.9 Å². The molecule has 0 atom stereocenters. The molecule has 3 heterocycles. The smallest absolute Gasteiger partial charge is 0.223 e. The molecule has 8 heteroatoms. The molecule has 0 aliphatic carbocycles. The Bertz CT molecular complexity index is 950. The minimum absolute atomic E-state index is 0.00703. The monoisotopic (exact) mass is 422 g/mol. The highest BCUT2D eigenvalue weighted by atomic mass is 16.5. The number of furan rings is 1. The summed E-state index contributed by atoms with van der Waals surface area (Å²) in [6, 6.07) is 14.9. The Balaban J connectivity index is 1.18. The van der Waals surface area contributed by atoms with Gasteiger partial charge in [-0.05, 0) is 61.4 Å². The highest BCUT2D eigenvalue weighted by Gasteiger charge is 2.25. The summed E-state index contributed by atoms with van der Waals surface area (Å²) >= 11 is 0. The summed E-state index contributed by atoms with van der Waals surface area (Å²) in [6.45, 7) is 2.45. The molecular weight excluding hydrogens is 396 g/mol. The van der Waals surface area contributed by atoms with Crippen LogP contribution in [0.2, 0.25) is 0 Å². The maximum absolute atomic E-state index is 12.5. The molecule has 162 valence electrons. The van der Waals surface area contributed by atoms with Gasteiger partial charge in [-0.1, -0.05) is 0 Å². The predicted octanol–water partition coefficient (Wildman–Crippen LogP) is 3.16. The molecule has 1 amide bonds. The first-order valence-electron chi connectivity index (χ1n) is 10.4. The van der Waals surface area contributed by atoms with Crippen LogP contribution >= 0.6 is 0 Å². The van der Waals surface area contributed by atoms with Gasteiger partial charge in [-0.15, -0.1) is 10.2 Å². The number of piperidine rings is 1. The molecule has 4 rings (SSSR count). The van der Waals surface area contributed by atoms with E-state index in [2.05, 4.69) is 20.4 Å². The van der Waals surface area contributed by atoms with Crippen LogP contribution in [0.5, 0.6) is 11.5 Å². The van der Waals surface area contributed by atoms with Crippen LogP contribution in [-0.4, -0.2) is 49.5 Å². The third-order valence-electron chi connectivity index (χ3n) is 5.34. The van der Waals surface area contributed by atoms with Gasteiger partial charge in [-0.25, -0.2) is 0 Å². The molecule has 0 radical (unpaired) electrons. The van der Waals surface area contributed by atoms with Gasteiger partial charge in [-0.3, -0.25) is 4.79 Å². The maximum atomic E-state index is 12.5. The number of ether oxygens (including phenoxy) is 2. The molecule has 0 spiro atoms. The number of amides is 1. The molecule has 8 nitrogen and oxygen atoms in total. The van der Waals surface area contributed by atoms with Crippen LogP contribution < -0.4 is 19.7 Å². The molecule has 1 saturated heterocycles. The molecule has 2 aromatic heterocycles. The van der Waals surface area contributed by atoms with E-state index in [1.165, 1.54) is 0 Å². The number of hydrogen-bond donors (Lipinski definition) is 1. The highest BCUT2D eigenvalue weighted by molar-refractivity contribution is 5.79. The molecule has 0 unspecified atom stereocenters.